The van der Waals surface area contributed by atoms with Crippen molar-refractivity contribution < 1.29 is 27.6 Å². The van der Waals surface area contributed by atoms with Gasteiger partial charge in [-0.25, -0.2) is 4.79 Å². The molecule has 0 aliphatic heterocycles. The molecule has 0 bridgehead atoms. The molecule has 0 radical (unpaired) electrons. The molecule has 0 saturated carbocycles. The summed E-state index contributed by atoms with van der Waals surface area (Å²) in [6.45, 7) is 3.37. The van der Waals surface area contributed by atoms with E-state index in [0.29, 0.717) is 18.7 Å². The SMILES string of the molecule is C=C(Cc1nc(CCCCCCCC(F)(F)F)no1)C(=O)O. The Balaban J connectivity index is 2.14. The van der Waals surface area contributed by atoms with Gasteiger partial charge in [-0.2, -0.15) is 18.2 Å². The summed E-state index contributed by atoms with van der Waals surface area (Å²) in [5.74, 6) is -0.435. The van der Waals surface area contributed by atoms with Crippen LogP contribution in [0.4, 0.5) is 13.2 Å². The van der Waals surface area contributed by atoms with Crippen molar-refractivity contribution in [3.8, 4) is 0 Å². The normalized spacial score (nSPS) is 11.6. The highest BCUT2D eigenvalue weighted by atomic mass is 19.4. The lowest BCUT2D eigenvalue weighted by Gasteiger charge is -2.05. The minimum Gasteiger partial charge on any atom is -0.478 e. The Kier molecular flexibility index (Phi) is 7.07. The summed E-state index contributed by atoms with van der Waals surface area (Å²) in [4.78, 5) is 14.7. The largest absolute Gasteiger partial charge is 0.478 e. The first-order chi connectivity index (χ1) is 10.3. The minimum atomic E-state index is -4.07. The van der Waals surface area contributed by atoms with Crippen LogP contribution in [0, 0.1) is 0 Å². The van der Waals surface area contributed by atoms with Crippen molar-refractivity contribution in [2.45, 2.75) is 57.5 Å². The van der Waals surface area contributed by atoms with Gasteiger partial charge < -0.3 is 9.63 Å². The molecule has 1 aromatic heterocycles. The second-order valence-corrected chi connectivity index (χ2v) is 5.07. The monoisotopic (exact) mass is 320 g/mol. The third-order valence-electron chi connectivity index (χ3n) is 3.04. The van der Waals surface area contributed by atoms with E-state index >= 15 is 0 Å². The van der Waals surface area contributed by atoms with Crippen molar-refractivity contribution in [2.75, 3.05) is 0 Å². The predicted molar refractivity (Wildman–Crippen MR) is 72.2 cm³/mol. The van der Waals surface area contributed by atoms with Crippen molar-refractivity contribution in [1.29, 1.82) is 0 Å². The fourth-order valence-corrected chi connectivity index (χ4v) is 1.86. The van der Waals surface area contributed by atoms with Gasteiger partial charge in [0, 0.05) is 18.4 Å². The van der Waals surface area contributed by atoms with Gasteiger partial charge in [0.05, 0.1) is 6.42 Å². The molecule has 22 heavy (non-hydrogen) atoms. The van der Waals surface area contributed by atoms with E-state index in [1.165, 1.54) is 0 Å². The van der Waals surface area contributed by atoms with Gasteiger partial charge in [-0.3, -0.25) is 0 Å². The van der Waals surface area contributed by atoms with E-state index in [-0.39, 0.29) is 24.3 Å². The Bertz CT molecular complexity index is 498. The Labute approximate surface area is 126 Å². The van der Waals surface area contributed by atoms with Crippen LogP contribution in [0.5, 0.6) is 0 Å². The minimum absolute atomic E-state index is 0.000223. The molecule has 0 spiro atoms. The van der Waals surface area contributed by atoms with E-state index in [4.69, 9.17) is 9.63 Å². The Morgan fingerprint density at radius 1 is 1.18 bits per heavy atom. The lowest BCUT2D eigenvalue weighted by molar-refractivity contribution is -0.135. The maximum atomic E-state index is 11.9. The number of hydrogen-bond donors (Lipinski definition) is 1. The van der Waals surface area contributed by atoms with Crippen LogP contribution >= 0.6 is 0 Å². The number of aromatic nitrogens is 2. The lowest BCUT2D eigenvalue weighted by atomic mass is 10.1. The zero-order valence-corrected chi connectivity index (χ0v) is 12.2. The van der Waals surface area contributed by atoms with Crippen molar-refractivity contribution in [1.82, 2.24) is 10.1 Å². The van der Waals surface area contributed by atoms with Crippen LogP contribution in [-0.4, -0.2) is 27.4 Å². The highest BCUT2D eigenvalue weighted by Crippen LogP contribution is 2.23. The summed E-state index contributed by atoms with van der Waals surface area (Å²) < 4.78 is 40.7. The average molecular weight is 320 g/mol. The smallest absolute Gasteiger partial charge is 0.389 e. The molecule has 8 heteroatoms. The molecule has 0 atom stereocenters. The average Bonchev–Trinajstić information content (AvgIpc) is 2.83. The van der Waals surface area contributed by atoms with E-state index in [2.05, 4.69) is 16.7 Å². The maximum absolute atomic E-state index is 11.9. The van der Waals surface area contributed by atoms with E-state index < -0.39 is 18.6 Å². The van der Waals surface area contributed by atoms with Crippen LogP contribution in [0.25, 0.3) is 0 Å². The third kappa shape index (κ3) is 7.80. The molecule has 0 aromatic carbocycles. The molecule has 124 valence electrons. The first kappa shape index (κ1) is 18.2. The number of nitrogens with zero attached hydrogens (tertiary/aromatic N) is 2. The molecule has 1 heterocycles. The topological polar surface area (TPSA) is 76.2 Å². The lowest BCUT2D eigenvalue weighted by Crippen LogP contribution is -2.06. The number of carboxylic acid groups (broad SMARTS) is 1. The van der Waals surface area contributed by atoms with Crippen LogP contribution in [-0.2, 0) is 17.6 Å². The van der Waals surface area contributed by atoms with Gasteiger partial charge in [0.25, 0.3) is 0 Å². The van der Waals surface area contributed by atoms with E-state index in [9.17, 15) is 18.0 Å². The van der Waals surface area contributed by atoms with E-state index in [1.807, 2.05) is 0 Å². The Hall–Kier alpha value is -1.86. The number of aryl methyl sites for hydroxylation is 1. The van der Waals surface area contributed by atoms with Gasteiger partial charge in [-0.05, 0) is 12.8 Å². The zero-order valence-electron chi connectivity index (χ0n) is 12.2. The summed E-state index contributed by atoms with van der Waals surface area (Å²) in [5.41, 5.74) is -0.0279. The number of carbonyl (C=O) groups is 1. The van der Waals surface area contributed by atoms with Crippen LogP contribution in [0.2, 0.25) is 0 Å². The first-order valence-electron chi connectivity index (χ1n) is 7.07. The molecule has 0 aliphatic carbocycles. The summed E-state index contributed by atoms with van der Waals surface area (Å²) in [6.07, 6.45) is -1.24. The number of hydrogen-bond acceptors (Lipinski definition) is 4. The molecule has 1 N–H and O–H groups in total. The van der Waals surface area contributed by atoms with Crippen LogP contribution in [0.3, 0.4) is 0 Å². The van der Waals surface area contributed by atoms with E-state index in [1.54, 1.807) is 0 Å². The molecule has 0 aliphatic rings. The van der Waals surface area contributed by atoms with Crippen LogP contribution < -0.4 is 0 Å². The van der Waals surface area contributed by atoms with Gasteiger partial charge in [0.2, 0.25) is 5.89 Å². The first-order valence-corrected chi connectivity index (χ1v) is 7.07. The number of alkyl halides is 3. The molecule has 5 nitrogen and oxygen atoms in total. The Morgan fingerprint density at radius 3 is 2.45 bits per heavy atom. The number of halogens is 3. The fraction of sp³-hybridized carbons (Fsp3) is 0.643. The summed E-state index contributed by atoms with van der Waals surface area (Å²) in [6, 6.07) is 0. The number of aliphatic carboxylic acids is 1. The quantitative estimate of drug-likeness (QED) is 0.525. The van der Waals surface area contributed by atoms with Crippen LogP contribution in [0.1, 0.15) is 50.2 Å². The van der Waals surface area contributed by atoms with Crippen molar-refractivity contribution in [3.63, 3.8) is 0 Å². The molecule has 0 saturated heterocycles. The molecule has 1 rings (SSSR count). The predicted octanol–water partition coefficient (Wildman–Crippen LogP) is 3.70. The Morgan fingerprint density at radius 2 is 1.82 bits per heavy atom. The number of carboxylic acids is 1. The second kappa shape index (κ2) is 8.55. The molecular weight excluding hydrogens is 301 g/mol. The summed E-state index contributed by atoms with van der Waals surface area (Å²) in [5, 5.41) is 12.4. The molecule has 0 unspecified atom stereocenters. The highest BCUT2D eigenvalue weighted by Gasteiger charge is 2.25. The third-order valence-corrected chi connectivity index (χ3v) is 3.04. The summed E-state index contributed by atoms with van der Waals surface area (Å²) in [7, 11) is 0. The van der Waals surface area contributed by atoms with Crippen molar-refractivity contribution in [2.24, 2.45) is 0 Å². The van der Waals surface area contributed by atoms with Gasteiger partial charge in [-0.1, -0.05) is 31.0 Å². The van der Waals surface area contributed by atoms with Crippen molar-refractivity contribution >= 4 is 5.97 Å². The van der Waals surface area contributed by atoms with Gasteiger partial charge in [0.15, 0.2) is 5.82 Å². The molecule has 0 amide bonds. The molecule has 0 fully saturated rings. The maximum Gasteiger partial charge on any atom is 0.389 e. The molecule has 1 aromatic rings. The van der Waals surface area contributed by atoms with Gasteiger partial charge in [0.1, 0.15) is 0 Å². The molecular formula is C14H19F3N2O3. The van der Waals surface area contributed by atoms with Crippen LogP contribution in [0.15, 0.2) is 16.7 Å². The number of unbranched alkanes of at least 4 members (excludes halogenated alkanes) is 4. The van der Waals surface area contributed by atoms with Crippen molar-refractivity contribution in [3.05, 3.63) is 23.9 Å². The standard InChI is InChI=1S/C14H19F3N2O3/c1-10(13(20)21)9-12-18-11(19-22-12)7-5-3-2-4-6-8-14(15,16)17/h1-9H2,(H,20,21). The summed E-state index contributed by atoms with van der Waals surface area (Å²) >= 11 is 0. The highest BCUT2D eigenvalue weighted by molar-refractivity contribution is 5.86. The van der Waals surface area contributed by atoms with Gasteiger partial charge >= 0.3 is 12.1 Å². The zero-order chi connectivity index (χ0) is 16.6. The van der Waals surface area contributed by atoms with Gasteiger partial charge in [-0.15, -0.1) is 0 Å². The number of rotatable bonds is 10. The fourth-order valence-electron chi connectivity index (χ4n) is 1.86. The van der Waals surface area contributed by atoms with E-state index in [0.717, 1.165) is 19.3 Å². The second-order valence-electron chi connectivity index (χ2n) is 5.07.